The number of aliphatic carboxylic acids is 1. The Kier molecular flexibility index (Phi) is 37.9. The van der Waals surface area contributed by atoms with Crippen LogP contribution in [0.25, 0.3) is 0 Å². The molecule has 0 rings (SSSR count). The Balaban J connectivity index is 4.37. The predicted molar refractivity (Wildman–Crippen MR) is 226 cm³/mol. The first-order valence-electron chi connectivity index (χ1n) is 22.0. The molecule has 0 aliphatic rings. The van der Waals surface area contributed by atoms with Gasteiger partial charge in [-0.3, -0.25) is 23.4 Å². The van der Waals surface area contributed by atoms with E-state index in [2.05, 4.69) is 54.8 Å². The molecule has 0 fully saturated rings. The van der Waals surface area contributed by atoms with Gasteiger partial charge in [-0.05, 0) is 51.4 Å². The lowest BCUT2D eigenvalue weighted by molar-refractivity contribution is -0.161. The third-order valence-electron chi connectivity index (χ3n) is 9.39. The summed E-state index contributed by atoms with van der Waals surface area (Å²) in [5, 5.41) is 8.89. The van der Waals surface area contributed by atoms with Crippen molar-refractivity contribution in [2.24, 2.45) is 5.73 Å². The smallest absolute Gasteiger partial charge is 0.472 e. The van der Waals surface area contributed by atoms with Gasteiger partial charge in [0, 0.05) is 12.8 Å². The van der Waals surface area contributed by atoms with Gasteiger partial charge in [-0.2, -0.15) is 0 Å². The van der Waals surface area contributed by atoms with Crippen LogP contribution in [0.5, 0.6) is 0 Å². The topological polar surface area (TPSA) is 172 Å². The molecular formula is C44H80NO10P. The van der Waals surface area contributed by atoms with Crippen molar-refractivity contribution in [3.05, 3.63) is 36.5 Å². The molecule has 3 unspecified atom stereocenters. The van der Waals surface area contributed by atoms with Gasteiger partial charge < -0.3 is 25.2 Å². The van der Waals surface area contributed by atoms with E-state index in [-0.39, 0.29) is 19.4 Å². The van der Waals surface area contributed by atoms with Crippen LogP contribution in [0.3, 0.4) is 0 Å². The molecule has 3 atom stereocenters. The normalized spacial score (nSPS) is 14.1. The van der Waals surface area contributed by atoms with Gasteiger partial charge in [0.05, 0.1) is 13.2 Å². The number of nitrogens with two attached hydrogens (primary N) is 1. The fourth-order valence-corrected chi connectivity index (χ4v) is 6.67. The monoisotopic (exact) mass is 814 g/mol. The number of allylic oxidation sites excluding steroid dienone is 6. The van der Waals surface area contributed by atoms with Crippen LogP contribution in [0, 0.1) is 0 Å². The zero-order valence-electron chi connectivity index (χ0n) is 35.2. The molecule has 0 saturated heterocycles. The molecule has 12 heteroatoms. The van der Waals surface area contributed by atoms with Crippen molar-refractivity contribution in [2.75, 3.05) is 19.8 Å². The summed E-state index contributed by atoms with van der Waals surface area (Å²) in [6, 6.07) is -1.52. The molecule has 4 N–H and O–H groups in total. The fourth-order valence-electron chi connectivity index (χ4n) is 5.90. The highest BCUT2D eigenvalue weighted by Gasteiger charge is 2.28. The molecule has 0 radical (unpaired) electrons. The summed E-state index contributed by atoms with van der Waals surface area (Å²) in [6.07, 6.45) is 42.0. The molecular weight excluding hydrogens is 733 g/mol. The molecule has 0 spiro atoms. The summed E-state index contributed by atoms with van der Waals surface area (Å²) < 4.78 is 32.7. The number of rotatable bonds is 41. The number of esters is 2. The summed E-state index contributed by atoms with van der Waals surface area (Å²) in [7, 11) is -4.72. The van der Waals surface area contributed by atoms with Gasteiger partial charge in [-0.25, -0.2) is 4.57 Å². The quantitative estimate of drug-likeness (QED) is 0.0232. The Bertz CT molecular complexity index is 1100. The zero-order chi connectivity index (χ0) is 41.4. The number of phosphoric acid groups is 1. The third-order valence-corrected chi connectivity index (χ3v) is 10.3. The van der Waals surface area contributed by atoms with Crippen LogP contribution < -0.4 is 5.73 Å². The molecule has 56 heavy (non-hydrogen) atoms. The van der Waals surface area contributed by atoms with E-state index in [0.29, 0.717) is 12.8 Å². The second-order valence-electron chi connectivity index (χ2n) is 14.8. The largest absolute Gasteiger partial charge is 0.480 e. The Morgan fingerprint density at radius 3 is 1.45 bits per heavy atom. The number of hydrogen-bond acceptors (Lipinski definition) is 9. The van der Waals surface area contributed by atoms with E-state index >= 15 is 0 Å². The van der Waals surface area contributed by atoms with Crippen molar-refractivity contribution in [3.8, 4) is 0 Å². The summed E-state index contributed by atoms with van der Waals surface area (Å²) in [4.78, 5) is 45.9. The predicted octanol–water partition coefficient (Wildman–Crippen LogP) is 11.6. The molecule has 0 aromatic carbocycles. The second kappa shape index (κ2) is 39.5. The molecule has 326 valence electrons. The van der Waals surface area contributed by atoms with Crippen LogP contribution in [-0.2, 0) is 37.5 Å². The molecule has 0 aromatic heterocycles. The maximum Gasteiger partial charge on any atom is 0.472 e. The molecule has 0 amide bonds. The maximum atomic E-state index is 12.6. The number of ether oxygens (including phenoxy) is 2. The Morgan fingerprint density at radius 2 is 0.946 bits per heavy atom. The molecule has 11 nitrogen and oxygen atoms in total. The standard InChI is InChI=1S/C44H80NO10P/c1-3-5-7-9-11-13-15-17-18-19-20-21-22-24-26-28-30-32-34-36-43(47)55-40(38-53-56(50,51)54-39-41(45)44(48)49)37-52-42(46)35-33-31-29-27-25-23-16-14-12-10-8-6-4-2/h11,13,17-18,20-21,40-41H,3-10,12,14-16,19,22-39,45H2,1-2H3,(H,48,49)(H,50,51)/b13-11-,18-17-,21-20-. The van der Waals surface area contributed by atoms with Crippen LogP contribution in [0.4, 0.5) is 0 Å². The molecule has 0 aliphatic carbocycles. The molecule has 0 bridgehead atoms. The number of carbonyl (C=O) groups excluding carboxylic acids is 2. The van der Waals surface area contributed by atoms with Crippen LogP contribution >= 0.6 is 7.82 Å². The van der Waals surface area contributed by atoms with Gasteiger partial charge in [-0.15, -0.1) is 0 Å². The summed E-state index contributed by atoms with van der Waals surface area (Å²) in [5.74, 6) is -2.39. The van der Waals surface area contributed by atoms with Crippen molar-refractivity contribution in [3.63, 3.8) is 0 Å². The first kappa shape index (κ1) is 53.7. The Morgan fingerprint density at radius 1 is 0.554 bits per heavy atom. The van der Waals surface area contributed by atoms with Crippen LogP contribution in [0.1, 0.15) is 194 Å². The van der Waals surface area contributed by atoms with Gasteiger partial charge in [0.25, 0.3) is 0 Å². The number of carboxylic acid groups (broad SMARTS) is 1. The number of unbranched alkanes of at least 4 members (excludes halogenated alkanes) is 21. The number of carboxylic acids is 1. The lowest BCUT2D eigenvalue weighted by atomic mass is 10.0. The first-order valence-corrected chi connectivity index (χ1v) is 23.5. The molecule has 0 aliphatic heterocycles. The van der Waals surface area contributed by atoms with E-state index in [1.165, 1.54) is 83.5 Å². The second-order valence-corrected chi connectivity index (χ2v) is 16.3. The van der Waals surface area contributed by atoms with Crippen LogP contribution in [-0.4, -0.2) is 59.9 Å². The van der Waals surface area contributed by atoms with E-state index in [9.17, 15) is 23.8 Å². The summed E-state index contributed by atoms with van der Waals surface area (Å²) >= 11 is 0. The number of carbonyl (C=O) groups is 3. The summed E-state index contributed by atoms with van der Waals surface area (Å²) in [6.45, 7) is 2.77. The lowest BCUT2D eigenvalue weighted by Crippen LogP contribution is -2.34. The highest BCUT2D eigenvalue weighted by atomic mass is 31.2. The van der Waals surface area contributed by atoms with E-state index in [4.69, 9.17) is 24.8 Å². The number of hydrogen-bond donors (Lipinski definition) is 3. The first-order chi connectivity index (χ1) is 27.1. The van der Waals surface area contributed by atoms with E-state index < -0.39 is 51.1 Å². The highest BCUT2D eigenvalue weighted by Crippen LogP contribution is 2.43. The lowest BCUT2D eigenvalue weighted by Gasteiger charge is -2.20. The Labute approximate surface area is 340 Å². The van der Waals surface area contributed by atoms with Gasteiger partial charge >= 0.3 is 25.7 Å². The average molecular weight is 814 g/mol. The highest BCUT2D eigenvalue weighted by molar-refractivity contribution is 7.47. The average Bonchev–Trinajstić information content (AvgIpc) is 3.17. The van der Waals surface area contributed by atoms with Crippen LogP contribution in [0.2, 0.25) is 0 Å². The van der Waals surface area contributed by atoms with Crippen molar-refractivity contribution in [1.82, 2.24) is 0 Å². The number of phosphoric ester groups is 1. The molecule has 0 aromatic rings. The van der Waals surface area contributed by atoms with Gasteiger partial charge in [0.2, 0.25) is 0 Å². The van der Waals surface area contributed by atoms with E-state index in [0.717, 1.165) is 70.6 Å². The minimum absolute atomic E-state index is 0.148. The van der Waals surface area contributed by atoms with Gasteiger partial charge in [-0.1, -0.05) is 166 Å². The third kappa shape index (κ3) is 38.6. The van der Waals surface area contributed by atoms with Gasteiger partial charge in [0.1, 0.15) is 12.6 Å². The maximum absolute atomic E-state index is 12.6. The van der Waals surface area contributed by atoms with Crippen LogP contribution in [0.15, 0.2) is 36.5 Å². The minimum atomic E-state index is -4.72. The fraction of sp³-hybridized carbons (Fsp3) is 0.795. The van der Waals surface area contributed by atoms with E-state index in [1.54, 1.807) is 0 Å². The Hall–Kier alpha value is -2.30. The molecule has 0 saturated carbocycles. The zero-order valence-corrected chi connectivity index (χ0v) is 36.1. The van der Waals surface area contributed by atoms with Crippen molar-refractivity contribution < 1.29 is 47.5 Å². The molecule has 0 heterocycles. The minimum Gasteiger partial charge on any atom is -0.480 e. The van der Waals surface area contributed by atoms with Crippen molar-refractivity contribution >= 4 is 25.7 Å². The summed E-state index contributed by atoms with van der Waals surface area (Å²) in [5.41, 5.74) is 5.33. The SMILES string of the molecule is CCCCC/C=C\C/C=C\C/C=C\CCCCCCCCC(=O)OC(COC(=O)CCCCCCCCCCCCCCC)COP(=O)(O)OCC(N)C(=O)O. The van der Waals surface area contributed by atoms with Gasteiger partial charge in [0.15, 0.2) is 6.10 Å². The van der Waals surface area contributed by atoms with E-state index in [1.807, 2.05) is 0 Å². The van der Waals surface area contributed by atoms with Crippen molar-refractivity contribution in [1.29, 1.82) is 0 Å². The van der Waals surface area contributed by atoms with Crippen molar-refractivity contribution in [2.45, 2.75) is 206 Å².